The van der Waals surface area contributed by atoms with Gasteiger partial charge in [-0.1, -0.05) is 38.2 Å². The lowest BCUT2D eigenvalue weighted by Crippen LogP contribution is -2.11. The van der Waals surface area contributed by atoms with E-state index in [-0.39, 0.29) is 0 Å². The molecule has 1 nitrogen and oxygen atoms in total. The van der Waals surface area contributed by atoms with Crippen LogP contribution in [-0.4, -0.2) is 6.54 Å². The van der Waals surface area contributed by atoms with E-state index in [1.54, 1.807) is 0 Å². The lowest BCUT2D eigenvalue weighted by molar-refractivity contribution is 0.669. The first-order chi connectivity index (χ1) is 4.93. The van der Waals surface area contributed by atoms with Gasteiger partial charge >= 0.3 is 0 Å². The Morgan fingerprint density at radius 2 is 2.10 bits per heavy atom. The summed E-state index contributed by atoms with van der Waals surface area (Å²) in [6.07, 6.45) is 9.54. The highest BCUT2D eigenvalue weighted by Gasteiger charge is 1.99. The van der Waals surface area contributed by atoms with E-state index in [1.165, 1.54) is 0 Å². The van der Waals surface area contributed by atoms with Gasteiger partial charge in [0.05, 0.1) is 0 Å². The summed E-state index contributed by atoms with van der Waals surface area (Å²) in [4.78, 5) is 0. The molecule has 0 bridgehead atoms. The summed E-state index contributed by atoms with van der Waals surface area (Å²) in [5.41, 5.74) is 5.42. The number of hydrogen-bond acceptors (Lipinski definition) is 1. The molecule has 1 atom stereocenters. The third-order valence-electron chi connectivity index (χ3n) is 1.37. The van der Waals surface area contributed by atoms with Crippen LogP contribution in [0.4, 0.5) is 0 Å². The van der Waals surface area contributed by atoms with Crippen molar-refractivity contribution in [2.75, 3.05) is 6.54 Å². The zero-order chi connectivity index (χ0) is 7.82. The lowest BCUT2D eigenvalue weighted by Gasteiger charge is -2.07. The lowest BCUT2D eigenvalue weighted by atomic mass is 10.0. The highest BCUT2D eigenvalue weighted by atomic mass is 14.5. The van der Waals surface area contributed by atoms with E-state index < -0.39 is 0 Å². The van der Waals surface area contributed by atoms with Gasteiger partial charge in [-0.2, -0.15) is 0 Å². The molecule has 0 spiro atoms. The molecule has 1 unspecified atom stereocenters. The predicted molar refractivity (Wildman–Crippen MR) is 46.8 cm³/mol. The predicted octanol–water partition coefficient (Wildman–Crippen LogP) is 2.10. The summed E-state index contributed by atoms with van der Waals surface area (Å²) in [5.74, 6) is 0.597. The molecule has 2 N–H and O–H groups in total. The van der Waals surface area contributed by atoms with Crippen LogP contribution in [0.1, 0.15) is 20.3 Å². The summed E-state index contributed by atoms with van der Waals surface area (Å²) >= 11 is 0. The van der Waals surface area contributed by atoms with Crippen molar-refractivity contribution in [2.24, 2.45) is 11.7 Å². The van der Waals surface area contributed by atoms with E-state index in [0.29, 0.717) is 5.92 Å². The molecule has 0 aliphatic heterocycles. The van der Waals surface area contributed by atoms with Crippen LogP contribution in [-0.2, 0) is 0 Å². The van der Waals surface area contributed by atoms with Gasteiger partial charge < -0.3 is 5.73 Å². The van der Waals surface area contributed by atoms with Gasteiger partial charge in [-0.3, -0.25) is 0 Å². The molecule has 0 aromatic carbocycles. The van der Waals surface area contributed by atoms with E-state index in [9.17, 15) is 0 Å². The zero-order valence-electron chi connectivity index (χ0n) is 6.88. The highest BCUT2D eigenvalue weighted by Crippen LogP contribution is 2.08. The molecule has 1 aliphatic carbocycles. The molecule has 0 heterocycles. The first kappa shape index (κ1) is 9.44. The smallest absolute Gasteiger partial charge is 0.00111 e. The van der Waals surface area contributed by atoms with Gasteiger partial charge in [0.2, 0.25) is 0 Å². The molecule has 0 saturated heterocycles. The largest absolute Gasteiger partial charge is 0.330 e. The van der Waals surface area contributed by atoms with Gasteiger partial charge in [0.1, 0.15) is 0 Å². The van der Waals surface area contributed by atoms with Crippen molar-refractivity contribution in [3.8, 4) is 0 Å². The Bertz CT molecular complexity index is 114. The molecule has 0 aromatic heterocycles. The van der Waals surface area contributed by atoms with Crippen molar-refractivity contribution < 1.29 is 0 Å². The van der Waals surface area contributed by atoms with Gasteiger partial charge in [0.15, 0.2) is 0 Å². The van der Waals surface area contributed by atoms with Crippen molar-refractivity contribution in [1.82, 2.24) is 0 Å². The molecule has 1 heteroatoms. The SMILES string of the molecule is CC.NCC1C=CC=CC1. The normalized spacial score (nSPS) is 21.7. The standard InChI is InChI=1S/C7H11N.C2H6/c8-6-7-4-2-1-3-5-7;1-2/h1-4,7H,5-6,8H2;1-2H3. The summed E-state index contributed by atoms with van der Waals surface area (Å²) in [6.45, 7) is 4.78. The van der Waals surface area contributed by atoms with Gasteiger partial charge in [-0.15, -0.1) is 0 Å². The van der Waals surface area contributed by atoms with Gasteiger partial charge in [-0.05, 0) is 18.9 Å². The van der Waals surface area contributed by atoms with E-state index in [1.807, 2.05) is 13.8 Å². The molecule has 1 aliphatic rings. The Kier molecular flexibility index (Phi) is 6.19. The maximum atomic E-state index is 5.42. The number of allylic oxidation sites excluding steroid dienone is 3. The van der Waals surface area contributed by atoms with Gasteiger partial charge in [0.25, 0.3) is 0 Å². The van der Waals surface area contributed by atoms with Crippen LogP contribution < -0.4 is 5.73 Å². The van der Waals surface area contributed by atoms with Crippen LogP contribution in [0.3, 0.4) is 0 Å². The number of nitrogens with two attached hydrogens (primary N) is 1. The molecule has 0 saturated carbocycles. The maximum Gasteiger partial charge on any atom is -0.00111 e. The van der Waals surface area contributed by atoms with Crippen LogP contribution >= 0.6 is 0 Å². The quantitative estimate of drug-likeness (QED) is 0.591. The summed E-state index contributed by atoms with van der Waals surface area (Å²) < 4.78 is 0. The molecule has 0 radical (unpaired) electrons. The van der Waals surface area contributed by atoms with Crippen molar-refractivity contribution in [3.05, 3.63) is 24.3 Å². The molecule has 0 aromatic rings. The minimum atomic E-state index is 0.597. The summed E-state index contributed by atoms with van der Waals surface area (Å²) in [5, 5.41) is 0. The maximum absolute atomic E-state index is 5.42. The summed E-state index contributed by atoms with van der Waals surface area (Å²) in [6, 6.07) is 0. The Hall–Kier alpha value is -0.560. The van der Waals surface area contributed by atoms with Gasteiger partial charge in [-0.25, -0.2) is 0 Å². The Labute approximate surface area is 63.6 Å². The zero-order valence-corrected chi connectivity index (χ0v) is 6.88. The van der Waals surface area contributed by atoms with Crippen LogP contribution in [0, 0.1) is 5.92 Å². The van der Waals surface area contributed by atoms with E-state index >= 15 is 0 Å². The fourth-order valence-corrected chi connectivity index (χ4v) is 0.807. The Morgan fingerprint density at radius 1 is 1.40 bits per heavy atom. The number of hydrogen-bond donors (Lipinski definition) is 1. The first-order valence-electron chi connectivity index (χ1n) is 3.97. The molecule has 0 fully saturated rings. The van der Waals surface area contributed by atoms with E-state index in [4.69, 9.17) is 5.73 Å². The Balaban J connectivity index is 0.000000371. The number of rotatable bonds is 1. The second-order valence-electron chi connectivity index (χ2n) is 2.04. The second kappa shape index (κ2) is 6.56. The average molecular weight is 139 g/mol. The van der Waals surface area contributed by atoms with Crippen LogP contribution in [0.15, 0.2) is 24.3 Å². The van der Waals surface area contributed by atoms with E-state index in [0.717, 1.165) is 13.0 Å². The fourth-order valence-electron chi connectivity index (χ4n) is 0.807. The first-order valence-corrected chi connectivity index (χ1v) is 3.97. The Morgan fingerprint density at radius 3 is 2.40 bits per heavy atom. The highest BCUT2D eigenvalue weighted by molar-refractivity contribution is 5.10. The van der Waals surface area contributed by atoms with Crippen molar-refractivity contribution in [1.29, 1.82) is 0 Å². The van der Waals surface area contributed by atoms with Crippen molar-refractivity contribution in [3.63, 3.8) is 0 Å². The monoisotopic (exact) mass is 139 g/mol. The van der Waals surface area contributed by atoms with Crippen molar-refractivity contribution >= 4 is 0 Å². The minimum absolute atomic E-state index is 0.597. The molecule has 58 valence electrons. The van der Waals surface area contributed by atoms with Gasteiger partial charge in [0, 0.05) is 0 Å². The average Bonchev–Trinajstić information content (AvgIpc) is 2.10. The fraction of sp³-hybridized carbons (Fsp3) is 0.556. The van der Waals surface area contributed by atoms with Crippen LogP contribution in [0.2, 0.25) is 0 Å². The van der Waals surface area contributed by atoms with E-state index in [2.05, 4.69) is 24.3 Å². The third kappa shape index (κ3) is 3.46. The van der Waals surface area contributed by atoms with Crippen LogP contribution in [0.25, 0.3) is 0 Å². The molecule has 10 heavy (non-hydrogen) atoms. The molecule has 1 rings (SSSR count). The van der Waals surface area contributed by atoms with Crippen LogP contribution in [0.5, 0.6) is 0 Å². The topological polar surface area (TPSA) is 26.0 Å². The second-order valence-corrected chi connectivity index (χ2v) is 2.04. The van der Waals surface area contributed by atoms with Crippen molar-refractivity contribution in [2.45, 2.75) is 20.3 Å². The molecular formula is C9H17N. The summed E-state index contributed by atoms with van der Waals surface area (Å²) in [7, 11) is 0. The molecular weight excluding hydrogens is 122 g/mol. The minimum Gasteiger partial charge on any atom is -0.330 e. The molecule has 0 amide bonds. The third-order valence-corrected chi connectivity index (χ3v) is 1.37.